The van der Waals surface area contributed by atoms with Crippen LogP contribution in [-0.4, -0.2) is 42.8 Å². The molecule has 6 heteroatoms. The van der Waals surface area contributed by atoms with Crippen LogP contribution in [0.15, 0.2) is 18.2 Å². The van der Waals surface area contributed by atoms with E-state index in [1.165, 1.54) is 6.07 Å². The van der Waals surface area contributed by atoms with Crippen molar-refractivity contribution in [1.82, 2.24) is 4.90 Å². The van der Waals surface area contributed by atoms with E-state index in [9.17, 15) is 9.18 Å². The minimum Gasteiger partial charge on any atom is -0.376 e. The molecule has 0 unspecified atom stereocenters. The number of nitrogens with zero attached hydrogens (tertiary/aromatic N) is 1. The zero-order chi connectivity index (χ0) is 16.9. The van der Waals surface area contributed by atoms with Gasteiger partial charge in [0.1, 0.15) is 12.4 Å². The predicted octanol–water partition coefficient (Wildman–Crippen LogP) is 3.56. The fraction of sp³-hybridized carbons (Fsp3) is 0.611. The zero-order valence-electron chi connectivity index (χ0n) is 13.7. The summed E-state index contributed by atoms with van der Waals surface area (Å²) in [5.74, 6) is -0.495. The van der Waals surface area contributed by atoms with Crippen molar-refractivity contribution in [2.24, 2.45) is 0 Å². The molecule has 4 nitrogen and oxygen atoms in total. The lowest BCUT2D eigenvalue weighted by atomic mass is 10.1. The molecule has 3 rings (SSSR count). The van der Waals surface area contributed by atoms with E-state index in [4.69, 9.17) is 21.1 Å². The minimum atomic E-state index is -0.377. The third-order valence-electron chi connectivity index (χ3n) is 4.50. The molecular weight excluding hydrogens is 333 g/mol. The summed E-state index contributed by atoms with van der Waals surface area (Å²) in [7, 11) is 0. The molecule has 1 aromatic rings. The summed E-state index contributed by atoms with van der Waals surface area (Å²) in [6.45, 7) is 1.40. The molecule has 1 heterocycles. The third-order valence-corrected chi connectivity index (χ3v) is 4.86. The lowest BCUT2D eigenvalue weighted by Crippen LogP contribution is -2.36. The van der Waals surface area contributed by atoms with Gasteiger partial charge in [-0.25, -0.2) is 4.39 Å². The van der Waals surface area contributed by atoms with Gasteiger partial charge >= 0.3 is 0 Å². The van der Waals surface area contributed by atoms with E-state index >= 15 is 0 Å². The fourth-order valence-corrected chi connectivity index (χ4v) is 3.18. The average molecular weight is 356 g/mol. The van der Waals surface area contributed by atoms with Crippen LogP contribution in [0.3, 0.4) is 0 Å². The van der Waals surface area contributed by atoms with Crippen molar-refractivity contribution in [3.63, 3.8) is 0 Å². The lowest BCUT2D eigenvalue weighted by Gasteiger charge is -2.25. The van der Waals surface area contributed by atoms with Crippen molar-refractivity contribution in [1.29, 1.82) is 0 Å². The number of carbonyl (C=O) groups is 1. The highest BCUT2D eigenvalue weighted by Crippen LogP contribution is 2.30. The van der Waals surface area contributed by atoms with Gasteiger partial charge in [-0.1, -0.05) is 17.7 Å². The van der Waals surface area contributed by atoms with Gasteiger partial charge in [0.15, 0.2) is 0 Å². The Bertz CT molecular complexity index is 553. The molecule has 1 aliphatic carbocycles. The molecule has 0 N–H and O–H groups in total. The van der Waals surface area contributed by atoms with Gasteiger partial charge in [-0.3, -0.25) is 4.79 Å². The van der Waals surface area contributed by atoms with Gasteiger partial charge in [0.05, 0.1) is 19.3 Å². The predicted molar refractivity (Wildman–Crippen MR) is 89.4 cm³/mol. The standard InChI is InChI=1S/C18H23ClFNO3/c19-16-5-3-6-17(20)15(16)10-21(13-7-8-13)18(22)12-23-11-14-4-1-2-9-24-14/h3,5-6,13-14H,1-2,4,7-12H2/t14-/m1/s1. The summed E-state index contributed by atoms with van der Waals surface area (Å²) in [4.78, 5) is 14.2. The van der Waals surface area contributed by atoms with Crippen molar-refractivity contribution in [2.75, 3.05) is 19.8 Å². The van der Waals surface area contributed by atoms with Gasteiger partial charge in [0.2, 0.25) is 5.91 Å². The number of benzene rings is 1. The first-order chi connectivity index (χ1) is 11.6. The number of ether oxygens (including phenoxy) is 2. The molecule has 1 aliphatic heterocycles. The summed E-state index contributed by atoms with van der Waals surface area (Å²) in [5.41, 5.74) is 0.370. The maximum atomic E-state index is 14.0. The van der Waals surface area contributed by atoms with Crippen molar-refractivity contribution >= 4 is 17.5 Å². The molecule has 132 valence electrons. The van der Waals surface area contributed by atoms with E-state index in [1.54, 1.807) is 17.0 Å². The second-order valence-corrected chi connectivity index (χ2v) is 6.86. The number of rotatable bonds is 7. The Labute approximate surface area is 146 Å². The average Bonchev–Trinajstić information content (AvgIpc) is 3.40. The van der Waals surface area contributed by atoms with E-state index < -0.39 is 0 Å². The maximum absolute atomic E-state index is 14.0. The Hall–Kier alpha value is -1.17. The van der Waals surface area contributed by atoms with Crippen molar-refractivity contribution in [3.8, 4) is 0 Å². The molecule has 24 heavy (non-hydrogen) atoms. The van der Waals surface area contributed by atoms with E-state index in [-0.39, 0.29) is 37.0 Å². The number of hydrogen-bond acceptors (Lipinski definition) is 3. The lowest BCUT2D eigenvalue weighted by molar-refractivity contribution is -0.139. The normalized spacial score (nSPS) is 20.8. The molecule has 1 aromatic carbocycles. The molecule has 1 saturated heterocycles. The zero-order valence-corrected chi connectivity index (χ0v) is 14.4. The topological polar surface area (TPSA) is 38.8 Å². The van der Waals surface area contributed by atoms with E-state index in [0.717, 1.165) is 38.7 Å². The van der Waals surface area contributed by atoms with E-state index in [2.05, 4.69) is 0 Å². The van der Waals surface area contributed by atoms with Crippen molar-refractivity contribution in [3.05, 3.63) is 34.6 Å². The van der Waals surface area contributed by atoms with E-state index in [1.807, 2.05) is 0 Å². The Morgan fingerprint density at radius 2 is 2.17 bits per heavy atom. The van der Waals surface area contributed by atoms with E-state index in [0.29, 0.717) is 17.2 Å². The van der Waals surface area contributed by atoms with Crippen LogP contribution < -0.4 is 0 Å². The highest BCUT2D eigenvalue weighted by Gasteiger charge is 2.33. The van der Waals surface area contributed by atoms with Gasteiger partial charge < -0.3 is 14.4 Å². The first-order valence-corrected chi connectivity index (χ1v) is 8.94. The molecule has 1 atom stereocenters. The highest BCUT2D eigenvalue weighted by atomic mass is 35.5. The molecule has 1 saturated carbocycles. The fourth-order valence-electron chi connectivity index (χ4n) is 2.96. The molecule has 0 spiro atoms. The van der Waals surface area contributed by atoms with Gasteiger partial charge in [0, 0.05) is 23.2 Å². The first-order valence-electron chi connectivity index (χ1n) is 8.57. The summed E-state index contributed by atoms with van der Waals surface area (Å²) in [6, 6.07) is 4.75. The van der Waals surface area contributed by atoms with Crippen molar-refractivity contribution < 1.29 is 18.7 Å². The Morgan fingerprint density at radius 3 is 2.83 bits per heavy atom. The summed E-state index contributed by atoms with van der Waals surface area (Å²) >= 11 is 6.08. The Balaban J connectivity index is 1.54. The molecule has 1 amide bonds. The van der Waals surface area contributed by atoms with Crippen LogP contribution in [0.4, 0.5) is 4.39 Å². The minimum absolute atomic E-state index is 0.00241. The molecular formula is C18H23ClFNO3. The van der Waals surface area contributed by atoms with Crippen LogP contribution in [0.1, 0.15) is 37.7 Å². The quantitative estimate of drug-likeness (QED) is 0.750. The molecule has 0 aromatic heterocycles. The number of carbonyl (C=O) groups excluding carboxylic acids is 1. The highest BCUT2D eigenvalue weighted by molar-refractivity contribution is 6.31. The molecule has 2 fully saturated rings. The second kappa shape index (κ2) is 8.28. The molecule has 0 bridgehead atoms. The molecule has 0 radical (unpaired) electrons. The SMILES string of the molecule is O=C(COC[C@H]1CCCCO1)N(Cc1c(F)cccc1Cl)C1CC1. The number of hydrogen-bond donors (Lipinski definition) is 0. The largest absolute Gasteiger partial charge is 0.376 e. The molecule has 2 aliphatic rings. The summed E-state index contributed by atoms with van der Waals surface area (Å²) in [6.07, 6.45) is 5.19. The van der Waals surface area contributed by atoms with Crippen LogP contribution in [0.5, 0.6) is 0 Å². The van der Waals surface area contributed by atoms with Crippen LogP contribution in [0.2, 0.25) is 5.02 Å². The second-order valence-electron chi connectivity index (χ2n) is 6.46. The Morgan fingerprint density at radius 1 is 1.33 bits per heavy atom. The van der Waals surface area contributed by atoms with Crippen LogP contribution in [0.25, 0.3) is 0 Å². The monoisotopic (exact) mass is 355 g/mol. The smallest absolute Gasteiger partial charge is 0.249 e. The van der Waals surface area contributed by atoms with Crippen LogP contribution >= 0.6 is 11.6 Å². The number of halogens is 2. The van der Waals surface area contributed by atoms with Gasteiger partial charge in [-0.15, -0.1) is 0 Å². The van der Waals surface area contributed by atoms with Gasteiger partial charge in [-0.2, -0.15) is 0 Å². The van der Waals surface area contributed by atoms with Crippen LogP contribution in [-0.2, 0) is 20.8 Å². The van der Waals surface area contributed by atoms with Crippen molar-refractivity contribution in [2.45, 2.75) is 50.8 Å². The third kappa shape index (κ3) is 4.68. The summed E-state index contributed by atoms with van der Waals surface area (Å²) in [5, 5.41) is 0.352. The van der Waals surface area contributed by atoms with Gasteiger partial charge in [-0.05, 0) is 44.2 Å². The van der Waals surface area contributed by atoms with Crippen LogP contribution in [0, 0.1) is 5.82 Å². The first kappa shape index (κ1) is 17.6. The van der Waals surface area contributed by atoms with Gasteiger partial charge in [0.25, 0.3) is 0 Å². The maximum Gasteiger partial charge on any atom is 0.249 e. The Kier molecular flexibility index (Phi) is 6.09. The summed E-state index contributed by atoms with van der Waals surface area (Å²) < 4.78 is 25.1. The number of amides is 1.